The average molecular weight is 729 g/mol. The van der Waals surface area contributed by atoms with E-state index in [1.54, 1.807) is 0 Å². The molecule has 2 nitrogen and oxygen atoms in total. The second-order valence-corrected chi connectivity index (χ2v) is 17.7. The summed E-state index contributed by atoms with van der Waals surface area (Å²) in [5.74, 6) is 0.675. The molecule has 3 aliphatic rings. The minimum Gasteiger partial charge on any atom is -0.330 e. The largest absolute Gasteiger partial charge is 0.330 e. The number of thiophene rings is 2. The highest BCUT2D eigenvalue weighted by Gasteiger charge is 2.48. The van der Waals surface area contributed by atoms with Crippen molar-refractivity contribution in [2.24, 2.45) is 5.92 Å². The van der Waals surface area contributed by atoms with Crippen LogP contribution in [0, 0.1) is 5.92 Å². The monoisotopic (exact) mass is 728 g/mol. The molecule has 12 rings (SSSR count). The standard InChI is InChI=1S/C50H36N2S2/c1-30-26-43(49-36-15-6-10-20-45(36)54-47(49)27-30)51-39-16-7-3-12-33(39)37-28-31(22-23-40(37)51)32-24-25-50(2)38(29-32)34-13-4-8-17-41(34)52(50)42-18-11-21-46-48(42)35-14-5-9-19-44(35)53-46/h3-25,27-30,38H,26H2,1-2H3. The Morgan fingerprint density at radius 2 is 1.33 bits per heavy atom. The van der Waals surface area contributed by atoms with Crippen molar-refractivity contribution in [1.82, 2.24) is 4.57 Å². The molecule has 3 aromatic heterocycles. The predicted molar refractivity (Wildman–Crippen MR) is 234 cm³/mol. The lowest BCUT2D eigenvalue weighted by molar-refractivity contribution is 0.545. The number of fused-ring (bicyclic) bond motifs is 12. The van der Waals surface area contributed by atoms with E-state index in [1.165, 1.54) is 95.6 Å². The molecule has 0 saturated carbocycles. The molecule has 0 spiro atoms. The zero-order valence-electron chi connectivity index (χ0n) is 30.1. The van der Waals surface area contributed by atoms with Crippen molar-refractivity contribution < 1.29 is 0 Å². The molecule has 258 valence electrons. The summed E-state index contributed by atoms with van der Waals surface area (Å²) in [6.07, 6.45) is 10.9. The third kappa shape index (κ3) is 4.15. The molecule has 1 aliphatic heterocycles. The minimum absolute atomic E-state index is 0.201. The second-order valence-electron chi connectivity index (χ2n) is 15.5. The van der Waals surface area contributed by atoms with Crippen molar-refractivity contribution in [2.45, 2.75) is 31.7 Å². The van der Waals surface area contributed by atoms with Gasteiger partial charge in [0.05, 0.1) is 22.3 Å². The molecule has 2 aliphatic carbocycles. The van der Waals surface area contributed by atoms with Crippen LogP contribution in [-0.2, 0) is 0 Å². The van der Waals surface area contributed by atoms with E-state index in [9.17, 15) is 0 Å². The van der Waals surface area contributed by atoms with Crippen LogP contribution >= 0.6 is 22.7 Å². The number of hydrogen-bond donors (Lipinski definition) is 0. The summed E-state index contributed by atoms with van der Waals surface area (Å²) in [7, 11) is 0. The first kappa shape index (κ1) is 30.7. The summed E-state index contributed by atoms with van der Waals surface area (Å²) in [5, 5.41) is 8.09. The molecule has 0 bridgehead atoms. The predicted octanol–water partition coefficient (Wildman–Crippen LogP) is 12.5. The van der Waals surface area contributed by atoms with E-state index >= 15 is 0 Å². The molecule has 4 heterocycles. The smallest absolute Gasteiger partial charge is 0.0713 e. The fraction of sp³-hybridized carbons (Fsp3) is 0.120. The van der Waals surface area contributed by atoms with Crippen LogP contribution in [0.1, 0.15) is 37.3 Å². The van der Waals surface area contributed by atoms with Gasteiger partial charge < -0.3 is 9.47 Å². The van der Waals surface area contributed by atoms with E-state index in [-0.39, 0.29) is 11.5 Å². The highest BCUT2D eigenvalue weighted by atomic mass is 32.1. The molecule has 0 amide bonds. The fourth-order valence-electron chi connectivity index (χ4n) is 9.97. The summed E-state index contributed by atoms with van der Waals surface area (Å²) < 4.78 is 8.03. The van der Waals surface area contributed by atoms with Crippen molar-refractivity contribution >= 4 is 103 Å². The van der Waals surface area contributed by atoms with Crippen molar-refractivity contribution in [3.63, 3.8) is 0 Å². The van der Waals surface area contributed by atoms with E-state index in [1.807, 2.05) is 22.7 Å². The first-order valence-electron chi connectivity index (χ1n) is 19.0. The number of benzene rings is 6. The lowest BCUT2D eigenvalue weighted by Crippen LogP contribution is -2.42. The van der Waals surface area contributed by atoms with Gasteiger partial charge in [0.1, 0.15) is 0 Å². The Bertz CT molecular complexity index is 3260. The van der Waals surface area contributed by atoms with Crippen LogP contribution in [0.25, 0.3) is 69.4 Å². The molecule has 0 N–H and O–H groups in total. The van der Waals surface area contributed by atoms with Crippen LogP contribution in [0.4, 0.5) is 11.4 Å². The normalized spacial score (nSPS) is 20.5. The minimum atomic E-state index is -0.253. The van der Waals surface area contributed by atoms with E-state index in [2.05, 4.69) is 181 Å². The quantitative estimate of drug-likeness (QED) is 0.176. The zero-order valence-corrected chi connectivity index (χ0v) is 31.7. The Morgan fingerprint density at radius 1 is 0.630 bits per heavy atom. The highest BCUT2D eigenvalue weighted by Crippen LogP contribution is 2.57. The SMILES string of the molecule is CC1C=c2sc3ccccc3c2=C(n2c3ccccc3c3cc(C4=CC5c6ccccc6N(c6cccc7sc8ccccc8c67)C5(C)C=C4)ccc32)C1. The van der Waals surface area contributed by atoms with Gasteiger partial charge in [0.15, 0.2) is 0 Å². The van der Waals surface area contributed by atoms with Gasteiger partial charge in [-0.25, -0.2) is 0 Å². The second kappa shape index (κ2) is 11.2. The first-order valence-corrected chi connectivity index (χ1v) is 20.7. The lowest BCUT2D eigenvalue weighted by Gasteiger charge is -2.40. The third-order valence-electron chi connectivity index (χ3n) is 12.3. The van der Waals surface area contributed by atoms with Crippen LogP contribution in [0.15, 0.2) is 152 Å². The fourth-order valence-corrected chi connectivity index (χ4v) is 12.4. The summed E-state index contributed by atoms with van der Waals surface area (Å²) in [6, 6.07) is 49.9. The van der Waals surface area contributed by atoms with E-state index in [0.29, 0.717) is 5.92 Å². The van der Waals surface area contributed by atoms with Crippen LogP contribution in [0.2, 0.25) is 0 Å². The highest BCUT2D eigenvalue weighted by molar-refractivity contribution is 7.26. The van der Waals surface area contributed by atoms with Crippen LogP contribution in [0.3, 0.4) is 0 Å². The van der Waals surface area contributed by atoms with Crippen LogP contribution in [-0.4, -0.2) is 10.1 Å². The van der Waals surface area contributed by atoms with Gasteiger partial charge in [-0.05, 0) is 84.5 Å². The lowest BCUT2D eigenvalue weighted by atomic mass is 9.77. The molecule has 4 heteroatoms. The Balaban J connectivity index is 1.03. The molecule has 3 atom stereocenters. The molecular formula is C50H36N2S2. The number of para-hydroxylation sites is 2. The summed E-state index contributed by atoms with van der Waals surface area (Å²) in [5.41, 5.74) is 10.2. The van der Waals surface area contributed by atoms with E-state index in [0.717, 1.165) is 6.42 Å². The Labute approximate surface area is 321 Å². The number of rotatable bonds is 3. The molecular weight excluding hydrogens is 693 g/mol. The maximum atomic E-state index is 2.62. The Kier molecular flexibility index (Phi) is 6.36. The molecule has 9 aromatic rings. The van der Waals surface area contributed by atoms with Crippen LogP contribution < -0.4 is 14.7 Å². The summed E-state index contributed by atoms with van der Waals surface area (Å²) in [6.45, 7) is 4.79. The molecule has 3 unspecified atom stereocenters. The van der Waals surface area contributed by atoms with Gasteiger partial charge in [0.2, 0.25) is 0 Å². The van der Waals surface area contributed by atoms with Crippen molar-refractivity contribution in [2.75, 3.05) is 4.90 Å². The van der Waals surface area contributed by atoms with Crippen molar-refractivity contribution in [1.29, 1.82) is 0 Å². The van der Waals surface area contributed by atoms with E-state index in [4.69, 9.17) is 0 Å². The van der Waals surface area contributed by atoms with Gasteiger partial charge in [-0.1, -0.05) is 116 Å². The van der Waals surface area contributed by atoms with Gasteiger partial charge in [0.25, 0.3) is 0 Å². The molecule has 0 fully saturated rings. The van der Waals surface area contributed by atoms with Gasteiger partial charge in [0, 0.05) is 68.1 Å². The Morgan fingerprint density at radius 3 is 2.22 bits per heavy atom. The number of nitrogens with zero attached hydrogens (tertiary/aromatic N) is 2. The van der Waals surface area contributed by atoms with Crippen molar-refractivity contribution in [3.05, 3.63) is 173 Å². The maximum Gasteiger partial charge on any atom is 0.0713 e. The molecule has 54 heavy (non-hydrogen) atoms. The zero-order chi connectivity index (χ0) is 35.7. The summed E-state index contributed by atoms with van der Waals surface area (Å²) >= 11 is 3.82. The van der Waals surface area contributed by atoms with Gasteiger partial charge >= 0.3 is 0 Å². The third-order valence-corrected chi connectivity index (χ3v) is 14.6. The topological polar surface area (TPSA) is 8.17 Å². The number of allylic oxidation sites excluding steroid dienone is 2. The maximum absolute atomic E-state index is 2.62. The molecule has 0 radical (unpaired) electrons. The number of hydrogen-bond acceptors (Lipinski definition) is 3. The van der Waals surface area contributed by atoms with Gasteiger partial charge in [-0.3, -0.25) is 0 Å². The summed E-state index contributed by atoms with van der Waals surface area (Å²) in [4.78, 5) is 2.62. The number of anilines is 2. The van der Waals surface area contributed by atoms with Crippen LogP contribution in [0.5, 0.6) is 0 Å². The number of aromatic nitrogens is 1. The average Bonchev–Trinajstić information content (AvgIpc) is 3.93. The first-order chi connectivity index (χ1) is 26.5. The Hall–Kier alpha value is -5.68. The van der Waals surface area contributed by atoms with Crippen molar-refractivity contribution in [3.8, 4) is 0 Å². The molecule has 0 saturated heterocycles. The van der Waals surface area contributed by atoms with Gasteiger partial charge in [-0.2, -0.15) is 0 Å². The van der Waals surface area contributed by atoms with Gasteiger partial charge in [-0.15, -0.1) is 22.7 Å². The van der Waals surface area contributed by atoms with E-state index < -0.39 is 0 Å². The molecule has 6 aromatic carbocycles.